The van der Waals surface area contributed by atoms with E-state index in [1.165, 1.54) is 0 Å². The van der Waals surface area contributed by atoms with Gasteiger partial charge in [0.15, 0.2) is 11.0 Å². The molecule has 0 bridgehead atoms. The molecule has 2 atom stereocenters. The highest BCUT2D eigenvalue weighted by atomic mass is 35.5. The maximum Gasteiger partial charge on any atom is 0.186 e. The van der Waals surface area contributed by atoms with Crippen molar-refractivity contribution in [3.05, 3.63) is 5.15 Å². The number of halogens is 1. The van der Waals surface area contributed by atoms with Crippen molar-refractivity contribution >= 4 is 29.1 Å². The van der Waals surface area contributed by atoms with Crippen LogP contribution in [0.25, 0.3) is 0 Å². The average molecular weight is 234 g/mol. The molecule has 1 heterocycles. The molecule has 1 aliphatic rings. The van der Waals surface area contributed by atoms with Crippen molar-refractivity contribution in [1.82, 2.24) is 8.75 Å². The van der Waals surface area contributed by atoms with E-state index in [-0.39, 0.29) is 17.6 Å². The Morgan fingerprint density at radius 2 is 2.29 bits per heavy atom. The van der Waals surface area contributed by atoms with Crippen LogP contribution in [0, 0.1) is 5.41 Å². The number of rotatable bonds is 2. The van der Waals surface area contributed by atoms with Gasteiger partial charge in [-0.2, -0.15) is 8.75 Å². The fourth-order valence-electron chi connectivity index (χ4n) is 1.58. The van der Waals surface area contributed by atoms with E-state index in [1.807, 2.05) is 13.8 Å². The summed E-state index contributed by atoms with van der Waals surface area (Å²) < 4.78 is 7.90. The first-order chi connectivity index (χ1) is 6.51. The van der Waals surface area contributed by atoms with Gasteiger partial charge in [-0.25, -0.2) is 0 Å². The minimum atomic E-state index is -0.245. The van der Waals surface area contributed by atoms with Crippen LogP contribution >= 0.6 is 23.3 Å². The van der Waals surface area contributed by atoms with Crippen LogP contribution in [0.15, 0.2) is 0 Å². The number of nitrogens with zero attached hydrogens (tertiary/aromatic N) is 2. The second-order valence-corrected chi connectivity index (χ2v) is 5.06. The molecule has 1 aliphatic carbocycles. The van der Waals surface area contributed by atoms with Crippen molar-refractivity contribution in [1.29, 1.82) is 0 Å². The molecule has 78 valence electrons. The molecule has 2 unspecified atom stereocenters. The largest absolute Gasteiger partial charge is 0.392 e. The smallest absolute Gasteiger partial charge is 0.186 e. The summed E-state index contributed by atoms with van der Waals surface area (Å²) in [7, 11) is 0. The van der Waals surface area contributed by atoms with Gasteiger partial charge in [-0.15, -0.1) is 0 Å². The van der Waals surface area contributed by atoms with E-state index in [4.69, 9.17) is 11.6 Å². The molecule has 0 aromatic carbocycles. The van der Waals surface area contributed by atoms with Crippen LogP contribution in [-0.4, -0.2) is 26.0 Å². The van der Waals surface area contributed by atoms with Gasteiger partial charge in [-0.1, -0.05) is 25.4 Å². The first-order valence-electron chi connectivity index (χ1n) is 4.44. The standard InChI is InChI=1S/C8H12ClN3OS/c1-8(2)4(3-5(8)13)10-7-6(9)11-14-12-7/h4-5,13H,3H2,1-2H3,(H,10,12). The number of aromatic nitrogens is 2. The topological polar surface area (TPSA) is 58.0 Å². The Kier molecular flexibility index (Phi) is 2.41. The average Bonchev–Trinajstić information content (AvgIpc) is 2.51. The predicted molar refractivity (Wildman–Crippen MR) is 56.7 cm³/mol. The molecule has 0 aliphatic heterocycles. The molecule has 2 N–H and O–H groups in total. The van der Waals surface area contributed by atoms with Crippen molar-refractivity contribution in [3.63, 3.8) is 0 Å². The van der Waals surface area contributed by atoms with E-state index in [0.29, 0.717) is 11.0 Å². The molecule has 1 saturated carbocycles. The van der Waals surface area contributed by atoms with Crippen LogP contribution in [0.3, 0.4) is 0 Å². The lowest BCUT2D eigenvalue weighted by molar-refractivity contribution is -0.0511. The Bertz CT molecular complexity index is 341. The van der Waals surface area contributed by atoms with Gasteiger partial charge >= 0.3 is 0 Å². The molecule has 14 heavy (non-hydrogen) atoms. The summed E-state index contributed by atoms with van der Waals surface area (Å²) in [5, 5.41) is 13.1. The van der Waals surface area contributed by atoms with Crippen LogP contribution in [0.4, 0.5) is 5.82 Å². The molecule has 0 spiro atoms. The van der Waals surface area contributed by atoms with E-state index in [9.17, 15) is 5.11 Å². The van der Waals surface area contributed by atoms with Crippen LogP contribution in [-0.2, 0) is 0 Å². The normalized spacial score (nSPS) is 29.7. The Hall–Kier alpha value is -0.390. The number of aliphatic hydroxyl groups excluding tert-OH is 1. The molecular formula is C8H12ClN3OS. The van der Waals surface area contributed by atoms with Gasteiger partial charge in [0, 0.05) is 11.5 Å². The first-order valence-corrected chi connectivity index (χ1v) is 5.55. The van der Waals surface area contributed by atoms with Crippen molar-refractivity contribution < 1.29 is 5.11 Å². The van der Waals surface area contributed by atoms with E-state index in [1.54, 1.807) is 0 Å². The van der Waals surface area contributed by atoms with E-state index in [0.717, 1.165) is 18.1 Å². The van der Waals surface area contributed by atoms with Crippen LogP contribution in [0.5, 0.6) is 0 Å². The van der Waals surface area contributed by atoms with Crippen molar-refractivity contribution in [3.8, 4) is 0 Å². The summed E-state index contributed by atoms with van der Waals surface area (Å²) >= 11 is 6.89. The van der Waals surface area contributed by atoms with Gasteiger partial charge < -0.3 is 10.4 Å². The lowest BCUT2D eigenvalue weighted by Gasteiger charge is -2.49. The molecule has 0 amide bonds. The summed E-state index contributed by atoms with van der Waals surface area (Å²) in [5.74, 6) is 0.627. The summed E-state index contributed by atoms with van der Waals surface area (Å²) in [4.78, 5) is 0. The maximum atomic E-state index is 9.54. The second kappa shape index (κ2) is 3.32. The third-order valence-electron chi connectivity index (χ3n) is 2.98. The quantitative estimate of drug-likeness (QED) is 0.818. The number of nitrogens with one attached hydrogen (secondary N) is 1. The first kappa shape index (κ1) is 10.1. The Balaban J connectivity index is 2.04. The zero-order valence-electron chi connectivity index (χ0n) is 7.99. The third kappa shape index (κ3) is 1.49. The highest BCUT2D eigenvalue weighted by Gasteiger charge is 2.47. The van der Waals surface area contributed by atoms with Crippen LogP contribution in [0.1, 0.15) is 20.3 Å². The summed E-state index contributed by atoms with van der Waals surface area (Å²) in [6.07, 6.45) is 0.492. The van der Waals surface area contributed by atoms with Gasteiger partial charge in [-0.05, 0) is 6.42 Å². The fraction of sp³-hybridized carbons (Fsp3) is 0.750. The third-order valence-corrected chi connectivity index (χ3v) is 3.87. The zero-order chi connectivity index (χ0) is 10.3. The fourth-order valence-corrected chi connectivity index (χ4v) is 2.24. The molecule has 1 aromatic rings. The molecule has 1 fully saturated rings. The molecule has 0 radical (unpaired) electrons. The SMILES string of the molecule is CC1(C)C(O)CC1Nc1nsnc1Cl. The highest BCUT2D eigenvalue weighted by Crippen LogP contribution is 2.42. The van der Waals surface area contributed by atoms with Crippen molar-refractivity contribution in [2.24, 2.45) is 5.41 Å². The monoisotopic (exact) mass is 233 g/mol. The predicted octanol–water partition coefficient (Wildman–Crippen LogP) is 1.76. The lowest BCUT2D eigenvalue weighted by atomic mass is 9.64. The minimum Gasteiger partial charge on any atom is -0.392 e. The van der Waals surface area contributed by atoms with Crippen LogP contribution in [0.2, 0.25) is 5.15 Å². The van der Waals surface area contributed by atoms with E-state index in [2.05, 4.69) is 14.1 Å². The highest BCUT2D eigenvalue weighted by molar-refractivity contribution is 6.99. The molecule has 4 nitrogen and oxygen atoms in total. The number of anilines is 1. The zero-order valence-corrected chi connectivity index (χ0v) is 9.56. The van der Waals surface area contributed by atoms with Gasteiger partial charge in [-0.3, -0.25) is 0 Å². The van der Waals surface area contributed by atoms with Gasteiger partial charge in [0.2, 0.25) is 0 Å². The summed E-state index contributed by atoms with van der Waals surface area (Å²) in [6, 6.07) is 0.221. The molecule has 1 aromatic heterocycles. The maximum absolute atomic E-state index is 9.54. The Morgan fingerprint density at radius 3 is 2.71 bits per heavy atom. The summed E-state index contributed by atoms with van der Waals surface area (Å²) in [6.45, 7) is 4.04. The Morgan fingerprint density at radius 1 is 1.57 bits per heavy atom. The second-order valence-electron chi connectivity index (χ2n) is 4.17. The molecule has 0 saturated heterocycles. The van der Waals surface area contributed by atoms with Gasteiger partial charge in [0.05, 0.1) is 17.8 Å². The van der Waals surface area contributed by atoms with Gasteiger partial charge in [0.25, 0.3) is 0 Å². The summed E-state index contributed by atoms with van der Waals surface area (Å²) in [5.41, 5.74) is -0.118. The van der Waals surface area contributed by atoms with E-state index < -0.39 is 0 Å². The van der Waals surface area contributed by atoms with Crippen molar-refractivity contribution in [2.75, 3.05) is 5.32 Å². The minimum absolute atomic E-state index is 0.118. The number of hydrogen-bond acceptors (Lipinski definition) is 5. The molecule has 6 heteroatoms. The van der Waals surface area contributed by atoms with Crippen molar-refractivity contribution in [2.45, 2.75) is 32.4 Å². The lowest BCUT2D eigenvalue weighted by Crippen LogP contribution is -2.56. The number of hydrogen-bond donors (Lipinski definition) is 2. The molecule has 2 rings (SSSR count). The number of aliphatic hydroxyl groups is 1. The molecular weight excluding hydrogens is 222 g/mol. The van der Waals surface area contributed by atoms with Gasteiger partial charge in [0.1, 0.15) is 0 Å². The van der Waals surface area contributed by atoms with Crippen LogP contribution < -0.4 is 5.32 Å². The van der Waals surface area contributed by atoms with E-state index >= 15 is 0 Å². The Labute approximate surface area is 91.6 Å².